The molecule has 1 heterocycles. The first-order valence-corrected chi connectivity index (χ1v) is 7.21. The second-order valence-corrected chi connectivity index (χ2v) is 5.70. The minimum atomic E-state index is -0.530. The van der Waals surface area contributed by atoms with Gasteiger partial charge in [0.05, 0.1) is 12.8 Å². The molecule has 0 aliphatic heterocycles. The summed E-state index contributed by atoms with van der Waals surface area (Å²) in [5.74, 6) is -0.600. The molecule has 0 amide bonds. The van der Waals surface area contributed by atoms with Crippen LogP contribution in [0.15, 0.2) is 24.3 Å². The maximum absolute atomic E-state index is 14.6. The van der Waals surface area contributed by atoms with E-state index in [-0.39, 0.29) is 17.4 Å². The highest BCUT2D eigenvalue weighted by Crippen LogP contribution is 2.31. The van der Waals surface area contributed by atoms with Gasteiger partial charge in [0.25, 0.3) is 0 Å². The number of methoxy groups -OCH3 is 1. The lowest BCUT2D eigenvalue weighted by atomic mass is 9.94. The highest BCUT2D eigenvalue weighted by atomic mass is 19.1. The van der Waals surface area contributed by atoms with Crippen LogP contribution in [0, 0.1) is 19.7 Å². The molecule has 3 nitrogen and oxygen atoms in total. The summed E-state index contributed by atoms with van der Waals surface area (Å²) in [6.07, 6.45) is 0. The van der Waals surface area contributed by atoms with Crippen LogP contribution < -0.4 is 0 Å². The van der Waals surface area contributed by atoms with Gasteiger partial charge in [0.15, 0.2) is 0 Å². The topological polar surface area (TPSA) is 39.2 Å². The number of carbonyl (C=O) groups is 1. The van der Waals surface area contributed by atoms with E-state index in [0.29, 0.717) is 11.3 Å². The molecule has 0 saturated heterocycles. The molecule has 116 valence electrons. The standard InChI is InChI=1S/C18H20FNO2/c1-10(2)13-8-12(4)16(14(19)9-13)17-11(3)6-7-15(20-17)18(21)22-5/h6-10H,1-5H3. The monoisotopic (exact) mass is 301 g/mol. The quantitative estimate of drug-likeness (QED) is 0.788. The average molecular weight is 301 g/mol. The first kappa shape index (κ1) is 16.1. The molecule has 0 aliphatic rings. The molecule has 0 fully saturated rings. The SMILES string of the molecule is COC(=O)c1ccc(C)c(-c2c(C)cc(C(C)C)cc2F)n1. The van der Waals surface area contributed by atoms with Crippen molar-refractivity contribution in [3.63, 3.8) is 0 Å². The summed E-state index contributed by atoms with van der Waals surface area (Å²) in [4.78, 5) is 15.9. The summed E-state index contributed by atoms with van der Waals surface area (Å²) in [7, 11) is 1.30. The second-order valence-electron chi connectivity index (χ2n) is 5.70. The summed E-state index contributed by atoms with van der Waals surface area (Å²) in [6.45, 7) is 7.75. The van der Waals surface area contributed by atoms with Crippen LogP contribution in [0.1, 0.15) is 46.9 Å². The molecule has 2 aromatic rings. The fourth-order valence-electron chi connectivity index (χ4n) is 2.40. The Hall–Kier alpha value is -2.23. The first-order chi connectivity index (χ1) is 10.3. The number of carbonyl (C=O) groups excluding carboxylic acids is 1. The normalized spacial score (nSPS) is 10.9. The predicted molar refractivity (Wildman–Crippen MR) is 84.5 cm³/mol. The van der Waals surface area contributed by atoms with Gasteiger partial charge in [-0.2, -0.15) is 0 Å². The number of aromatic nitrogens is 1. The number of aryl methyl sites for hydroxylation is 2. The van der Waals surface area contributed by atoms with Gasteiger partial charge in [-0.3, -0.25) is 0 Å². The van der Waals surface area contributed by atoms with E-state index in [9.17, 15) is 9.18 Å². The van der Waals surface area contributed by atoms with Crippen LogP contribution in [0.25, 0.3) is 11.3 Å². The highest BCUT2D eigenvalue weighted by molar-refractivity contribution is 5.88. The first-order valence-electron chi connectivity index (χ1n) is 7.21. The van der Waals surface area contributed by atoms with Crippen molar-refractivity contribution >= 4 is 5.97 Å². The van der Waals surface area contributed by atoms with Crippen molar-refractivity contribution in [2.75, 3.05) is 7.11 Å². The molecule has 2 rings (SSSR count). The zero-order valence-electron chi connectivity index (χ0n) is 13.5. The van der Waals surface area contributed by atoms with Gasteiger partial charge in [0.2, 0.25) is 0 Å². The highest BCUT2D eigenvalue weighted by Gasteiger charge is 2.17. The minimum absolute atomic E-state index is 0.176. The lowest BCUT2D eigenvalue weighted by molar-refractivity contribution is 0.0594. The van der Waals surface area contributed by atoms with Crippen LogP contribution in [-0.4, -0.2) is 18.1 Å². The summed E-state index contributed by atoms with van der Waals surface area (Å²) < 4.78 is 19.3. The van der Waals surface area contributed by atoms with E-state index in [1.165, 1.54) is 7.11 Å². The smallest absolute Gasteiger partial charge is 0.356 e. The summed E-state index contributed by atoms with van der Waals surface area (Å²) in [5, 5.41) is 0. The van der Waals surface area contributed by atoms with Gasteiger partial charge in [-0.25, -0.2) is 14.2 Å². The summed E-state index contributed by atoms with van der Waals surface area (Å²) in [5.41, 5.74) is 3.66. The third-order valence-electron chi connectivity index (χ3n) is 3.70. The molecule has 1 aromatic carbocycles. The van der Waals surface area contributed by atoms with Crippen LogP contribution in [0.5, 0.6) is 0 Å². The molecular weight excluding hydrogens is 281 g/mol. The van der Waals surface area contributed by atoms with Crippen molar-refractivity contribution in [1.29, 1.82) is 0 Å². The lowest BCUT2D eigenvalue weighted by Crippen LogP contribution is -2.07. The Morgan fingerprint density at radius 3 is 2.41 bits per heavy atom. The van der Waals surface area contributed by atoms with Crippen LogP contribution >= 0.6 is 0 Å². The Balaban J connectivity index is 2.64. The molecule has 0 atom stereocenters. The van der Waals surface area contributed by atoms with E-state index in [4.69, 9.17) is 0 Å². The Morgan fingerprint density at radius 1 is 1.18 bits per heavy atom. The molecule has 1 aromatic heterocycles. The van der Waals surface area contributed by atoms with Gasteiger partial charge in [-0.05, 0) is 48.6 Å². The van der Waals surface area contributed by atoms with Crippen molar-refractivity contribution in [3.8, 4) is 11.3 Å². The van der Waals surface area contributed by atoms with Crippen LogP contribution in [0.2, 0.25) is 0 Å². The number of hydrogen-bond acceptors (Lipinski definition) is 3. The number of nitrogens with zero attached hydrogens (tertiary/aromatic N) is 1. The van der Waals surface area contributed by atoms with E-state index in [2.05, 4.69) is 9.72 Å². The van der Waals surface area contributed by atoms with Gasteiger partial charge >= 0.3 is 5.97 Å². The van der Waals surface area contributed by atoms with Crippen molar-refractivity contribution in [2.24, 2.45) is 0 Å². The molecule has 0 aliphatic carbocycles. The number of ether oxygens (including phenoxy) is 1. The van der Waals surface area contributed by atoms with Gasteiger partial charge in [-0.15, -0.1) is 0 Å². The average Bonchev–Trinajstić information content (AvgIpc) is 2.47. The lowest BCUT2D eigenvalue weighted by Gasteiger charge is -2.14. The van der Waals surface area contributed by atoms with Crippen molar-refractivity contribution in [1.82, 2.24) is 4.98 Å². The number of rotatable bonds is 3. The Labute approximate surface area is 130 Å². The van der Waals surface area contributed by atoms with E-state index < -0.39 is 5.97 Å². The van der Waals surface area contributed by atoms with Gasteiger partial charge < -0.3 is 4.74 Å². The van der Waals surface area contributed by atoms with Crippen molar-refractivity contribution in [3.05, 3.63) is 52.5 Å². The number of hydrogen-bond donors (Lipinski definition) is 0. The number of pyridine rings is 1. The third kappa shape index (κ3) is 3.01. The van der Waals surface area contributed by atoms with E-state index in [0.717, 1.165) is 16.7 Å². The molecular formula is C18H20FNO2. The Kier molecular flexibility index (Phi) is 4.59. The Bertz CT molecular complexity index is 700. The number of esters is 1. The van der Waals surface area contributed by atoms with Crippen molar-refractivity contribution < 1.29 is 13.9 Å². The van der Waals surface area contributed by atoms with Crippen molar-refractivity contribution in [2.45, 2.75) is 33.6 Å². The van der Waals surface area contributed by atoms with E-state index in [1.54, 1.807) is 18.2 Å². The maximum Gasteiger partial charge on any atom is 0.356 e. The molecule has 0 bridgehead atoms. The summed E-state index contributed by atoms with van der Waals surface area (Å²) >= 11 is 0. The molecule has 0 radical (unpaired) electrons. The minimum Gasteiger partial charge on any atom is -0.464 e. The molecule has 22 heavy (non-hydrogen) atoms. The third-order valence-corrected chi connectivity index (χ3v) is 3.70. The van der Waals surface area contributed by atoms with Gasteiger partial charge in [-0.1, -0.05) is 26.0 Å². The van der Waals surface area contributed by atoms with Crippen LogP contribution in [-0.2, 0) is 4.74 Å². The second kappa shape index (κ2) is 6.26. The molecule has 0 spiro atoms. The van der Waals surface area contributed by atoms with Crippen LogP contribution in [0.4, 0.5) is 4.39 Å². The number of benzene rings is 1. The molecule has 0 saturated carbocycles. The summed E-state index contributed by atoms with van der Waals surface area (Å²) in [6, 6.07) is 6.85. The molecule has 0 unspecified atom stereocenters. The zero-order chi connectivity index (χ0) is 16.4. The largest absolute Gasteiger partial charge is 0.464 e. The number of halogens is 1. The van der Waals surface area contributed by atoms with Gasteiger partial charge in [0.1, 0.15) is 11.5 Å². The zero-order valence-corrected chi connectivity index (χ0v) is 13.5. The van der Waals surface area contributed by atoms with Gasteiger partial charge in [0, 0.05) is 5.56 Å². The fourth-order valence-corrected chi connectivity index (χ4v) is 2.40. The Morgan fingerprint density at radius 2 is 1.86 bits per heavy atom. The van der Waals surface area contributed by atoms with Crippen LogP contribution in [0.3, 0.4) is 0 Å². The maximum atomic E-state index is 14.6. The van der Waals surface area contributed by atoms with E-state index >= 15 is 0 Å². The fraction of sp³-hybridized carbons (Fsp3) is 0.333. The predicted octanol–water partition coefficient (Wildman–Crippen LogP) is 4.41. The molecule has 0 N–H and O–H groups in total. The van der Waals surface area contributed by atoms with E-state index in [1.807, 2.05) is 33.8 Å². The molecule has 4 heteroatoms.